The summed E-state index contributed by atoms with van der Waals surface area (Å²) in [4.78, 5) is 41.1. The first-order valence-electron chi connectivity index (χ1n) is 13.7. The zero-order valence-corrected chi connectivity index (χ0v) is 21.7. The molecule has 5 rings (SSSR count). The molecule has 0 unspecified atom stereocenters. The first kappa shape index (κ1) is 25.2. The second kappa shape index (κ2) is 10.5. The maximum Gasteiger partial charge on any atom is 0.334 e. The van der Waals surface area contributed by atoms with Crippen LogP contribution in [-0.4, -0.2) is 25.9 Å². The number of carbonyl (C=O) groups excluding carboxylic acids is 1. The number of rotatable bonds is 5. The Bertz CT molecular complexity index is 1340. The minimum atomic E-state index is -0.525. The summed E-state index contributed by atoms with van der Waals surface area (Å²) in [6, 6.07) is 8.80. The van der Waals surface area contributed by atoms with Crippen molar-refractivity contribution in [1.29, 1.82) is 0 Å². The fourth-order valence-corrected chi connectivity index (χ4v) is 5.99. The number of hydrazone groups is 1. The molecule has 1 aromatic heterocycles. The van der Waals surface area contributed by atoms with Gasteiger partial charge in [0.15, 0.2) is 0 Å². The first-order valence-corrected chi connectivity index (χ1v) is 13.7. The highest BCUT2D eigenvalue weighted by Gasteiger charge is 2.35. The van der Waals surface area contributed by atoms with Crippen molar-refractivity contribution < 1.29 is 9.90 Å². The van der Waals surface area contributed by atoms with Gasteiger partial charge < -0.3 is 5.11 Å². The molecule has 2 aromatic rings. The van der Waals surface area contributed by atoms with Crippen LogP contribution in [0.3, 0.4) is 0 Å². The molecule has 0 saturated heterocycles. The van der Waals surface area contributed by atoms with Crippen LogP contribution in [0.5, 0.6) is 5.88 Å². The molecule has 8 nitrogen and oxygen atoms in total. The third-order valence-corrected chi connectivity index (χ3v) is 7.95. The summed E-state index contributed by atoms with van der Waals surface area (Å²) in [5, 5.41) is 17.4. The van der Waals surface area contributed by atoms with Gasteiger partial charge in [0.05, 0.1) is 17.0 Å². The van der Waals surface area contributed by atoms with Crippen molar-refractivity contribution in [1.82, 2.24) is 9.13 Å². The van der Waals surface area contributed by atoms with Gasteiger partial charge >= 0.3 is 5.69 Å². The number of aromatic hydroxyl groups is 1. The van der Waals surface area contributed by atoms with E-state index in [-0.39, 0.29) is 40.9 Å². The minimum Gasteiger partial charge on any atom is -0.494 e. The van der Waals surface area contributed by atoms with Crippen molar-refractivity contribution in [2.75, 3.05) is 5.01 Å². The third-order valence-electron chi connectivity index (χ3n) is 7.95. The standard InChI is InChI=1S/C29H36N4O4/c1-19(2)25-23(28(36)33(30-25)22-16-10-5-11-17-22)18-24-26(34)31(20-12-6-3-7-13-20)29(37)32(27(24)35)21-14-8-4-9-15-21/h5,10-11,16-21,34H,3-4,6-9,12-15H2,1-2H3/b23-18-. The first-order chi connectivity index (χ1) is 17.9. The lowest BCUT2D eigenvalue weighted by Gasteiger charge is -2.29. The molecule has 1 aromatic carbocycles. The van der Waals surface area contributed by atoms with Gasteiger partial charge in [0.1, 0.15) is 5.56 Å². The SMILES string of the molecule is CC(C)C1=NN(c2ccccc2)C(=O)/C1=C\c1c(O)n(C2CCCCC2)c(=O)n(C2CCCCC2)c1=O. The van der Waals surface area contributed by atoms with Gasteiger partial charge in [-0.25, -0.2) is 4.79 Å². The summed E-state index contributed by atoms with van der Waals surface area (Å²) >= 11 is 0. The van der Waals surface area contributed by atoms with E-state index in [9.17, 15) is 19.5 Å². The molecule has 3 aliphatic rings. The van der Waals surface area contributed by atoms with E-state index in [4.69, 9.17) is 0 Å². The Labute approximate surface area is 216 Å². The van der Waals surface area contributed by atoms with Crippen LogP contribution < -0.4 is 16.3 Å². The largest absolute Gasteiger partial charge is 0.494 e. The quantitative estimate of drug-likeness (QED) is 0.568. The van der Waals surface area contributed by atoms with Crippen LogP contribution in [0.1, 0.15) is 95.7 Å². The Morgan fingerprint density at radius 3 is 2.00 bits per heavy atom. The normalized spacial score (nSPS) is 20.7. The van der Waals surface area contributed by atoms with Gasteiger partial charge in [-0.2, -0.15) is 10.1 Å². The zero-order chi connectivity index (χ0) is 26.1. The minimum absolute atomic E-state index is 0.00218. The molecule has 0 bridgehead atoms. The van der Waals surface area contributed by atoms with Gasteiger partial charge in [0, 0.05) is 12.1 Å². The molecule has 2 aliphatic carbocycles. The highest BCUT2D eigenvalue weighted by atomic mass is 16.3. The van der Waals surface area contributed by atoms with Gasteiger partial charge in [-0.3, -0.25) is 18.7 Å². The molecule has 1 aliphatic heterocycles. The van der Waals surface area contributed by atoms with E-state index in [0.717, 1.165) is 64.2 Å². The summed E-state index contributed by atoms with van der Waals surface area (Å²) in [7, 11) is 0. The van der Waals surface area contributed by atoms with E-state index in [2.05, 4.69) is 5.10 Å². The second-order valence-corrected chi connectivity index (χ2v) is 10.8. The highest BCUT2D eigenvalue weighted by molar-refractivity contribution is 6.33. The van der Waals surface area contributed by atoms with Crippen LogP contribution in [0, 0.1) is 5.92 Å². The van der Waals surface area contributed by atoms with E-state index in [1.54, 1.807) is 12.1 Å². The average Bonchev–Trinajstić information content (AvgIpc) is 3.24. The van der Waals surface area contributed by atoms with Crippen molar-refractivity contribution in [2.45, 2.75) is 90.1 Å². The number of hydrogen-bond donors (Lipinski definition) is 1. The number of aromatic nitrogens is 2. The number of hydrogen-bond acceptors (Lipinski definition) is 5. The van der Waals surface area contributed by atoms with Crippen LogP contribution in [0.25, 0.3) is 6.08 Å². The van der Waals surface area contributed by atoms with E-state index in [0.29, 0.717) is 11.4 Å². The highest BCUT2D eigenvalue weighted by Crippen LogP contribution is 2.34. The second-order valence-electron chi connectivity index (χ2n) is 10.8. The zero-order valence-electron chi connectivity index (χ0n) is 21.7. The van der Waals surface area contributed by atoms with Crippen molar-refractivity contribution in [3.05, 3.63) is 62.3 Å². The summed E-state index contributed by atoms with van der Waals surface area (Å²) in [6.45, 7) is 3.88. The number of nitrogens with zero attached hydrogens (tertiary/aromatic N) is 4. The monoisotopic (exact) mass is 504 g/mol. The van der Waals surface area contributed by atoms with E-state index in [1.165, 1.54) is 20.2 Å². The van der Waals surface area contributed by atoms with Gasteiger partial charge in [-0.1, -0.05) is 70.6 Å². The van der Waals surface area contributed by atoms with Crippen molar-refractivity contribution in [3.8, 4) is 5.88 Å². The van der Waals surface area contributed by atoms with Gasteiger partial charge in [-0.15, -0.1) is 0 Å². The fourth-order valence-electron chi connectivity index (χ4n) is 5.99. The lowest BCUT2D eigenvalue weighted by molar-refractivity contribution is -0.114. The van der Waals surface area contributed by atoms with E-state index < -0.39 is 11.2 Å². The molecule has 2 fully saturated rings. The summed E-state index contributed by atoms with van der Waals surface area (Å²) in [6.07, 6.45) is 10.6. The molecule has 8 heteroatoms. The number of amides is 1. The Hall–Kier alpha value is -3.42. The maximum absolute atomic E-state index is 13.8. The lowest BCUT2D eigenvalue weighted by Crippen LogP contribution is -2.45. The van der Waals surface area contributed by atoms with E-state index in [1.807, 2.05) is 32.0 Å². The van der Waals surface area contributed by atoms with Crippen molar-refractivity contribution in [2.24, 2.45) is 11.0 Å². The molecule has 1 N–H and O–H groups in total. The molecule has 196 valence electrons. The number of benzene rings is 1. The number of anilines is 1. The van der Waals surface area contributed by atoms with Crippen LogP contribution in [0.2, 0.25) is 0 Å². The molecule has 2 saturated carbocycles. The Balaban J connectivity index is 1.69. The number of para-hydroxylation sites is 1. The maximum atomic E-state index is 13.8. The molecular formula is C29H36N4O4. The summed E-state index contributed by atoms with van der Waals surface area (Å²) in [5.74, 6) is -0.778. The Kier molecular flexibility index (Phi) is 7.17. The molecule has 2 heterocycles. The summed E-state index contributed by atoms with van der Waals surface area (Å²) in [5.41, 5.74) is 0.503. The van der Waals surface area contributed by atoms with Gasteiger partial charge in [0.25, 0.3) is 11.5 Å². The van der Waals surface area contributed by atoms with Crippen molar-refractivity contribution in [3.63, 3.8) is 0 Å². The molecule has 0 atom stereocenters. The molecule has 0 radical (unpaired) electrons. The molecule has 1 amide bonds. The van der Waals surface area contributed by atoms with E-state index >= 15 is 0 Å². The predicted molar refractivity (Wildman–Crippen MR) is 145 cm³/mol. The fraction of sp³-hybridized carbons (Fsp3) is 0.517. The third kappa shape index (κ3) is 4.69. The van der Waals surface area contributed by atoms with Crippen LogP contribution >= 0.6 is 0 Å². The molecular weight excluding hydrogens is 468 g/mol. The Morgan fingerprint density at radius 2 is 1.43 bits per heavy atom. The van der Waals surface area contributed by atoms with Gasteiger partial charge in [-0.05, 0) is 49.8 Å². The van der Waals surface area contributed by atoms with Crippen LogP contribution in [0.15, 0.2) is 50.6 Å². The topological polar surface area (TPSA) is 96.9 Å². The molecule has 37 heavy (non-hydrogen) atoms. The molecule has 0 spiro atoms. The number of carbonyl (C=O) groups is 1. The lowest BCUT2D eigenvalue weighted by atomic mass is 9.94. The van der Waals surface area contributed by atoms with Gasteiger partial charge in [0.2, 0.25) is 5.88 Å². The Morgan fingerprint density at radius 1 is 0.865 bits per heavy atom. The van der Waals surface area contributed by atoms with Crippen molar-refractivity contribution >= 4 is 23.4 Å². The smallest absolute Gasteiger partial charge is 0.334 e. The van der Waals surface area contributed by atoms with Crippen LogP contribution in [0.4, 0.5) is 5.69 Å². The average molecular weight is 505 g/mol. The predicted octanol–water partition coefficient (Wildman–Crippen LogP) is 5.17. The summed E-state index contributed by atoms with van der Waals surface area (Å²) < 4.78 is 2.79. The van der Waals surface area contributed by atoms with Crippen LogP contribution in [-0.2, 0) is 4.79 Å².